The minimum atomic E-state index is -8.89. The van der Waals surface area contributed by atoms with Gasteiger partial charge in [-0.05, 0) is 44.7 Å². The number of rotatable bonds is 9. The summed E-state index contributed by atoms with van der Waals surface area (Å²) in [4.78, 5) is 1.01. The molecule has 0 unspecified atom stereocenters. The highest BCUT2D eigenvalue weighted by Crippen LogP contribution is 2.64. The van der Waals surface area contributed by atoms with Crippen LogP contribution in [-0.2, 0) is 20.9 Å². The van der Waals surface area contributed by atoms with Gasteiger partial charge < -0.3 is 0 Å². The minimum Gasteiger partial charge on any atom is -0.281 e. The molecule has 3 aromatic rings. The van der Waals surface area contributed by atoms with Crippen molar-refractivity contribution in [3.8, 4) is 22.3 Å². The van der Waals surface area contributed by atoms with Gasteiger partial charge in [0, 0.05) is 10.5 Å². The molecule has 3 nitrogen and oxygen atoms in total. The third kappa shape index (κ3) is 8.33. The van der Waals surface area contributed by atoms with Crippen molar-refractivity contribution in [2.24, 2.45) is 0 Å². The minimum absolute atomic E-state index is 0.157. The molecular weight excluding hydrogens is 843 g/mol. The fourth-order valence-electron chi connectivity index (χ4n) is 4.68. The first-order valence-electron chi connectivity index (χ1n) is 15.3. The summed E-state index contributed by atoms with van der Waals surface area (Å²) < 4.78 is 242. The lowest BCUT2D eigenvalue weighted by Gasteiger charge is -2.42. The van der Waals surface area contributed by atoms with Crippen LogP contribution in [0, 0.1) is 0 Å². The van der Waals surface area contributed by atoms with Gasteiger partial charge in [0.1, 0.15) is 0 Å². The Kier molecular flexibility index (Phi) is 12.9. The molecule has 0 saturated carbocycles. The van der Waals surface area contributed by atoms with Crippen LogP contribution < -0.4 is 0 Å². The summed E-state index contributed by atoms with van der Waals surface area (Å²) in [5.74, 6) is -52.0. The fraction of sp³-hybridized carbons (Fsp3) is 0.471. The van der Waals surface area contributed by atoms with E-state index in [4.69, 9.17) is 17.2 Å². The zero-order valence-electron chi connectivity index (χ0n) is 29.4. The maximum Gasteiger partial charge on any atom is 0.460 e. The summed E-state index contributed by atoms with van der Waals surface area (Å²) >= 11 is 4.78. The summed E-state index contributed by atoms with van der Waals surface area (Å²) in [6.45, 7) is 13.5. The van der Waals surface area contributed by atoms with Gasteiger partial charge in [-0.1, -0.05) is 102 Å². The Morgan fingerprint density at radius 3 is 1.11 bits per heavy atom. The van der Waals surface area contributed by atoms with Crippen LogP contribution >= 0.6 is 12.6 Å². The van der Waals surface area contributed by atoms with Crippen molar-refractivity contribution in [3.63, 3.8) is 0 Å². The monoisotopic (exact) mass is 874 g/mol. The molecule has 0 aliphatic heterocycles. The fourth-order valence-corrected chi connectivity index (χ4v) is 5.47. The molecular formula is C34H31F17O3S2. The van der Waals surface area contributed by atoms with E-state index in [1.165, 1.54) is 33.4 Å². The van der Waals surface area contributed by atoms with Crippen LogP contribution in [0.3, 0.4) is 0 Å². The van der Waals surface area contributed by atoms with E-state index in [0.29, 0.717) is 0 Å². The predicted molar refractivity (Wildman–Crippen MR) is 174 cm³/mol. The maximum absolute atomic E-state index is 13.0. The number of hydrogen-bond donors (Lipinski definition) is 2. The van der Waals surface area contributed by atoms with Crippen LogP contribution in [0.25, 0.3) is 22.3 Å². The van der Waals surface area contributed by atoms with Gasteiger partial charge in [-0.3, -0.25) is 4.55 Å². The van der Waals surface area contributed by atoms with Crippen LogP contribution in [-0.4, -0.2) is 59.9 Å². The van der Waals surface area contributed by atoms with Gasteiger partial charge in [0.15, 0.2) is 0 Å². The zero-order chi connectivity index (χ0) is 44.3. The van der Waals surface area contributed by atoms with Crippen LogP contribution in [0.5, 0.6) is 0 Å². The molecule has 0 radical (unpaired) electrons. The average molecular weight is 875 g/mol. The largest absolute Gasteiger partial charge is 0.460 e. The highest BCUT2D eigenvalue weighted by Gasteiger charge is 2.96. The second-order valence-corrected chi connectivity index (χ2v) is 16.2. The van der Waals surface area contributed by atoms with Gasteiger partial charge in [0.2, 0.25) is 0 Å². The van der Waals surface area contributed by atoms with E-state index >= 15 is 0 Å². The van der Waals surface area contributed by atoms with Crippen molar-refractivity contribution in [3.05, 3.63) is 77.9 Å². The summed E-state index contributed by atoms with van der Waals surface area (Å²) in [7, 11) is -7.89. The topological polar surface area (TPSA) is 54.4 Å². The van der Waals surface area contributed by atoms with Crippen LogP contribution in [0.15, 0.2) is 71.6 Å². The molecule has 0 atom stereocenters. The van der Waals surface area contributed by atoms with E-state index in [1.54, 1.807) is 0 Å². The van der Waals surface area contributed by atoms with Gasteiger partial charge in [-0.2, -0.15) is 83.1 Å². The van der Waals surface area contributed by atoms with Crippen LogP contribution in [0.2, 0.25) is 0 Å². The summed E-state index contributed by atoms with van der Waals surface area (Å²) in [6.07, 6.45) is -7.88. The van der Waals surface area contributed by atoms with Crippen LogP contribution in [0.1, 0.15) is 52.7 Å². The molecule has 316 valence electrons. The Hall–Kier alpha value is -3.27. The van der Waals surface area contributed by atoms with Gasteiger partial charge >= 0.3 is 57.1 Å². The normalized spacial score (nSPS) is 14.7. The average Bonchev–Trinajstić information content (AvgIpc) is 3.02. The first-order chi connectivity index (χ1) is 24.6. The van der Waals surface area contributed by atoms with E-state index in [-0.39, 0.29) is 10.8 Å². The Morgan fingerprint density at radius 1 is 0.464 bits per heavy atom. The van der Waals surface area contributed by atoms with Gasteiger partial charge in [-0.25, -0.2) is 0 Å². The van der Waals surface area contributed by atoms with Gasteiger partial charge in [-0.15, -0.1) is 12.6 Å². The molecule has 0 aliphatic carbocycles. The van der Waals surface area contributed by atoms with Gasteiger partial charge in [0.25, 0.3) is 0 Å². The lowest BCUT2D eigenvalue weighted by atomic mass is 9.84. The molecule has 56 heavy (non-hydrogen) atoms. The third-order valence-electron chi connectivity index (χ3n) is 8.16. The Bertz CT molecular complexity index is 1960. The number of halogens is 17. The van der Waals surface area contributed by atoms with Crippen molar-refractivity contribution in [2.45, 2.75) is 104 Å². The molecule has 22 heteroatoms. The molecule has 0 amide bonds. The van der Waals surface area contributed by atoms with Crippen LogP contribution in [0.4, 0.5) is 74.6 Å². The van der Waals surface area contributed by atoms with Crippen molar-refractivity contribution >= 4 is 22.7 Å². The summed E-state index contributed by atoms with van der Waals surface area (Å²) in [6, 6.07) is 24.2. The van der Waals surface area contributed by atoms with Crippen molar-refractivity contribution in [1.82, 2.24) is 0 Å². The zero-order valence-corrected chi connectivity index (χ0v) is 31.1. The molecule has 0 fully saturated rings. The number of alkyl halides is 17. The quantitative estimate of drug-likeness (QED) is 0.128. The summed E-state index contributed by atoms with van der Waals surface area (Å²) in [5, 5.41) is -7.84. The molecule has 3 rings (SSSR count). The van der Waals surface area contributed by atoms with Crippen molar-refractivity contribution in [2.75, 3.05) is 0 Å². The van der Waals surface area contributed by atoms with Crippen molar-refractivity contribution < 1.29 is 87.6 Å². The van der Waals surface area contributed by atoms with Crippen molar-refractivity contribution in [1.29, 1.82) is 0 Å². The molecule has 1 N–H and O–H groups in total. The predicted octanol–water partition coefficient (Wildman–Crippen LogP) is 12.7. The lowest BCUT2D eigenvalue weighted by Crippen LogP contribution is -2.74. The van der Waals surface area contributed by atoms with E-state index in [2.05, 4.69) is 108 Å². The molecule has 0 saturated heterocycles. The van der Waals surface area contributed by atoms with E-state index in [9.17, 15) is 83.1 Å². The Morgan fingerprint density at radius 2 is 0.786 bits per heavy atom. The van der Waals surface area contributed by atoms with E-state index in [0.717, 1.165) is 4.90 Å². The molecule has 0 heterocycles. The Balaban J connectivity index is 0.000000387. The van der Waals surface area contributed by atoms with Gasteiger partial charge in [0.05, 0.1) is 0 Å². The molecule has 0 spiro atoms. The third-order valence-corrected chi connectivity index (χ3v) is 9.44. The second kappa shape index (κ2) is 14.8. The Labute approximate surface area is 314 Å². The maximum atomic E-state index is 13.0. The number of thiol groups is 1. The summed E-state index contributed by atoms with van der Waals surface area (Å²) in [5.41, 5.74) is 7.89. The lowest BCUT2D eigenvalue weighted by molar-refractivity contribution is -0.458. The first-order valence-corrected chi connectivity index (χ1v) is 17.2. The number of hydrogen-bond acceptors (Lipinski definition) is 3. The molecule has 3 aromatic carbocycles. The number of benzene rings is 3. The smallest absolute Gasteiger partial charge is 0.281 e. The first kappa shape index (κ1) is 48.9. The molecule has 0 aromatic heterocycles. The highest BCUT2D eigenvalue weighted by molar-refractivity contribution is 7.87. The van der Waals surface area contributed by atoms with E-state index in [1.807, 2.05) is 0 Å². The molecule has 0 aliphatic rings. The highest BCUT2D eigenvalue weighted by atomic mass is 32.2. The SMILES string of the molecule is CC(C)(C)c1ccc(-c2cccc(S)c2-c2ccc(C(C)(C)C)cc2)cc1.O=S(=O)(O)C(F)(F)C(F)(F)C(F)(F)C(F)(F)C(F)(F)C(F)(F)C(F)(F)C(F)(F)F. The second-order valence-electron chi connectivity index (χ2n) is 14.3. The standard InChI is InChI=1S/C26H30S.C8HF17O3S/c1-25(2,3)20-14-10-18(11-15-20)22-8-7-9-23(27)24(22)19-12-16-21(17-13-19)26(4,5)6;9-1(10,3(13,14)5(17,18)7(21,22)23)2(11,12)4(15,16)6(19,20)8(24,25)29(26,27)28/h7-17,27H,1-6H3;(H,26,27,28). The van der Waals surface area contributed by atoms with E-state index < -0.39 is 57.1 Å². The molecule has 0 bridgehead atoms.